The van der Waals surface area contributed by atoms with Gasteiger partial charge in [-0.05, 0) is 42.1 Å². The third kappa shape index (κ3) is 3.55. The van der Waals surface area contributed by atoms with Crippen molar-refractivity contribution in [1.82, 2.24) is 0 Å². The van der Waals surface area contributed by atoms with E-state index in [9.17, 15) is 4.79 Å². The average Bonchev–Trinajstić information content (AvgIpc) is 2.84. The highest BCUT2D eigenvalue weighted by Crippen LogP contribution is 2.20. The van der Waals surface area contributed by atoms with Crippen LogP contribution in [0.2, 0.25) is 0 Å². The Labute approximate surface area is 118 Å². The molecule has 0 unspecified atom stereocenters. The molecule has 92 valence electrons. The minimum Gasteiger partial charge on any atom is -0.322 e. The van der Waals surface area contributed by atoms with Gasteiger partial charge in [0.15, 0.2) is 0 Å². The molecule has 1 aromatic carbocycles. The highest BCUT2D eigenvalue weighted by molar-refractivity contribution is 9.10. The fourth-order valence-corrected chi connectivity index (χ4v) is 2.43. The zero-order valence-electron chi connectivity index (χ0n) is 9.81. The van der Waals surface area contributed by atoms with Gasteiger partial charge in [-0.3, -0.25) is 4.79 Å². The molecule has 4 heteroatoms. The molecule has 0 atom stereocenters. The molecule has 1 heterocycles. The van der Waals surface area contributed by atoms with E-state index in [1.807, 2.05) is 48.7 Å². The van der Waals surface area contributed by atoms with Crippen molar-refractivity contribution in [2.75, 3.05) is 5.32 Å². The summed E-state index contributed by atoms with van der Waals surface area (Å²) in [5.74, 6) is -0.121. The number of carbonyl (C=O) groups is 1. The molecular formula is C14H12BrNOS. The molecule has 0 aliphatic heterocycles. The first-order valence-electron chi connectivity index (χ1n) is 5.44. The standard InChI is InChI=1S/C14H12BrNOS/c1-10-4-5-11(15)9-13(10)16-14(17)7-6-12-3-2-8-18-12/h2-9H,1H3,(H,16,17)/b7-6+. The molecule has 1 aromatic heterocycles. The summed E-state index contributed by atoms with van der Waals surface area (Å²) in [6.45, 7) is 1.96. The maximum Gasteiger partial charge on any atom is 0.248 e. The molecule has 0 aliphatic carbocycles. The van der Waals surface area contributed by atoms with Crippen LogP contribution in [0, 0.1) is 6.92 Å². The lowest BCUT2D eigenvalue weighted by Crippen LogP contribution is -2.08. The average molecular weight is 322 g/mol. The van der Waals surface area contributed by atoms with Crippen LogP contribution in [0.25, 0.3) is 6.08 Å². The molecule has 0 spiro atoms. The zero-order valence-corrected chi connectivity index (χ0v) is 12.2. The summed E-state index contributed by atoms with van der Waals surface area (Å²) in [4.78, 5) is 12.8. The number of aryl methyl sites for hydroxylation is 1. The second-order valence-corrected chi connectivity index (χ2v) is 5.69. The maximum absolute atomic E-state index is 11.8. The predicted molar refractivity (Wildman–Crippen MR) is 80.9 cm³/mol. The van der Waals surface area contributed by atoms with Crippen molar-refractivity contribution in [3.63, 3.8) is 0 Å². The Morgan fingerprint density at radius 3 is 2.94 bits per heavy atom. The van der Waals surface area contributed by atoms with E-state index in [2.05, 4.69) is 21.2 Å². The summed E-state index contributed by atoms with van der Waals surface area (Å²) in [6.07, 6.45) is 3.36. The fraction of sp³-hybridized carbons (Fsp3) is 0.0714. The van der Waals surface area contributed by atoms with E-state index in [0.29, 0.717) is 0 Å². The van der Waals surface area contributed by atoms with Crippen LogP contribution in [0.4, 0.5) is 5.69 Å². The van der Waals surface area contributed by atoms with Gasteiger partial charge < -0.3 is 5.32 Å². The van der Waals surface area contributed by atoms with Crippen LogP contribution in [0.1, 0.15) is 10.4 Å². The van der Waals surface area contributed by atoms with Gasteiger partial charge in [-0.25, -0.2) is 0 Å². The number of halogens is 1. The number of hydrogen-bond donors (Lipinski definition) is 1. The van der Waals surface area contributed by atoms with Gasteiger partial charge >= 0.3 is 0 Å². The van der Waals surface area contributed by atoms with Crippen molar-refractivity contribution in [2.24, 2.45) is 0 Å². The lowest BCUT2D eigenvalue weighted by Gasteiger charge is -2.06. The van der Waals surface area contributed by atoms with Gasteiger partial charge in [-0.15, -0.1) is 11.3 Å². The van der Waals surface area contributed by atoms with E-state index in [4.69, 9.17) is 0 Å². The largest absolute Gasteiger partial charge is 0.322 e. The van der Waals surface area contributed by atoms with E-state index in [0.717, 1.165) is 20.6 Å². The normalized spacial score (nSPS) is 10.8. The molecule has 1 amide bonds. The fourth-order valence-electron chi connectivity index (χ4n) is 1.45. The first kappa shape index (κ1) is 13.1. The predicted octanol–water partition coefficient (Wildman–Crippen LogP) is 4.47. The lowest BCUT2D eigenvalue weighted by atomic mass is 10.2. The minimum atomic E-state index is -0.121. The zero-order chi connectivity index (χ0) is 13.0. The van der Waals surface area contributed by atoms with Crippen molar-refractivity contribution >= 4 is 44.9 Å². The Balaban J connectivity index is 2.05. The van der Waals surface area contributed by atoms with Gasteiger partial charge in [0.1, 0.15) is 0 Å². The number of amides is 1. The Morgan fingerprint density at radius 1 is 1.39 bits per heavy atom. The van der Waals surface area contributed by atoms with Gasteiger partial charge in [-0.2, -0.15) is 0 Å². The number of rotatable bonds is 3. The Bertz CT molecular complexity index is 575. The first-order valence-corrected chi connectivity index (χ1v) is 7.11. The monoisotopic (exact) mass is 321 g/mol. The van der Waals surface area contributed by atoms with Gasteiger partial charge in [0.05, 0.1) is 0 Å². The molecule has 0 aliphatic rings. The molecule has 0 saturated heterocycles. The lowest BCUT2D eigenvalue weighted by molar-refractivity contribution is -0.111. The molecule has 0 fully saturated rings. The second-order valence-electron chi connectivity index (χ2n) is 3.80. The van der Waals surface area contributed by atoms with Gasteiger partial charge in [0.25, 0.3) is 0 Å². The van der Waals surface area contributed by atoms with E-state index in [1.165, 1.54) is 0 Å². The van der Waals surface area contributed by atoms with E-state index in [-0.39, 0.29) is 5.91 Å². The number of nitrogens with one attached hydrogen (secondary N) is 1. The van der Waals surface area contributed by atoms with Crippen molar-refractivity contribution in [2.45, 2.75) is 6.92 Å². The van der Waals surface area contributed by atoms with Crippen LogP contribution in [0.15, 0.2) is 46.3 Å². The summed E-state index contributed by atoms with van der Waals surface area (Å²) in [5.41, 5.74) is 1.86. The van der Waals surface area contributed by atoms with E-state index in [1.54, 1.807) is 17.4 Å². The molecule has 2 aromatic rings. The Kier molecular flexibility index (Phi) is 4.33. The van der Waals surface area contributed by atoms with Crippen LogP contribution in [0.3, 0.4) is 0 Å². The van der Waals surface area contributed by atoms with Crippen molar-refractivity contribution in [1.29, 1.82) is 0 Å². The highest BCUT2D eigenvalue weighted by atomic mass is 79.9. The smallest absolute Gasteiger partial charge is 0.248 e. The molecule has 18 heavy (non-hydrogen) atoms. The summed E-state index contributed by atoms with van der Waals surface area (Å²) >= 11 is 4.99. The molecular weight excluding hydrogens is 310 g/mol. The quantitative estimate of drug-likeness (QED) is 0.830. The molecule has 0 saturated carbocycles. The first-order chi connectivity index (χ1) is 8.65. The number of benzene rings is 1. The van der Waals surface area contributed by atoms with Gasteiger partial charge in [0, 0.05) is 21.1 Å². The summed E-state index contributed by atoms with van der Waals surface area (Å²) in [5, 5.41) is 4.84. The van der Waals surface area contributed by atoms with Crippen LogP contribution in [0.5, 0.6) is 0 Å². The van der Waals surface area contributed by atoms with Crippen molar-refractivity contribution < 1.29 is 4.79 Å². The molecule has 0 radical (unpaired) electrons. The Morgan fingerprint density at radius 2 is 2.22 bits per heavy atom. The number of anilines is 1. The van der Waals surface area contributed by atoms with Crippen LogP contribution >= 0.6 is 27.3 Å². The number of hydrogen-bond acceptors (Lipinski definition) is 2. The Hall–Kier alpha value is -1.39. The molecule has 1 N–H and O–H groups in total. The van der Waals surface area contributed by atoms with Crippen molar-refractivity contribution in [3.8, 4) is 0 Å². The summed E-state index contributed by atoms with van der Waals surface area (Å²) < 4.78 is 0.950. The van der Waals surface area contributed by atoms with Crippen molar-refractivity contribution in [3.05, 3.63) is 56.7 Å². The maximum atomic E-state index is 11.8. The second kappa shape index (κ2) is 5.98. The van der Waals surface area contributed by atoms with E-state index >= 15 is 0 Å². The van der Waals surface area contributed by atoms with Crippen LogP contribution < -0.4 is 5.32 Å². The van der Waals surface area contributed by atoms with Gasteiger partial charge in [0.2, 0.25) is 5.91 Å². The number of thiophene rings is 1. The molecule has 2 rings (SSSR count). The van der Waals surface area contributed by atoms with E-state index < -0.39 is 0 Å². The highest BCUT2D eigenvalue weighted by Gasteiger charge is 2.02. The summed E-state index contributed by atoms with van der Waals surface area (Å²) in [6, 6.07) is 9.74. The number of carbonyl (C=O) groups excluding carboxylic acids is 1. The third-order valence-electron chi connectivity index (χ3n) is 2.40. The van der Waals surface area contributed by atoms with Crippen LogP contribution in [-0.2, 0) is 4.79 Å². The third-order valence-corrected chi connectivity index (χ3v) is 3.73. The molecule has 2 nitrogen and oxygen atoms in total. The SMILES string of the molecule is Cc1ccc(Br)cc1NC(=O)/C=C/c1cccs1. The minimum absolute atomic E-state index is 0.121. The van der Waals surface area contributed by atoms with Gasteiger partial charge in [-0.1, -0.05) is 28.1 Å². The summed E-state index contributed by atoms with van der Waals surface area (Å²) in [7, 11) is 0. The topological polar surface area (TPSA) is 29.1 Å². The van der Waals surface area contributed by atoms with Crippen LogP contribution in [-0.4, -0.2) is 5.91 Å². The molecule has 0 bridgehead atoms.